The lowest BCUT2D eigenvalue weighted by atomic mass is 9.93. The number of hydrogen-bond acceptors (Lipinski definition) is 1. The molecule has 1 rings (SSSR count). The maximum atomic E-state index is 12.6. The Morgan fingerprint density at radius 1 is 1.00 bits per heavy atom. The zero-order chi connectivity index (χ0) is 10.4. The maximum absolute atomic E-state index is 12.6. The predicted molar refractivity (Wildman–Crippen MR) is 60.8 cm³/mol. The van der Waals surface area contributed by atoms with E-state index in [-0.39, 0.29) is 4.65 Å². The molecule has 0 spiro atoms. The first kappa shape index (κ1) is 12.0. The van der Waals surface area contributed by atoms with Crippen LogP contribution in [0.5, 0.6) is 0 Å². The Morgan fingerprint density at radius 3 is 1.93 bits per heavy atom. The number of rotatable bonds is 5. The van der Waals surface area contributed by atoms with Gasteiger partial charge in [-0.2, -0.15) is 0 Å². The number of hydrogen-bond donors (Lipinski definition) is 0. The van der Waals surface area contributed by atoms with E-state index in [2.05, 4.69) is 13.8 Å². The average Bonchev–Trinajstić information content (AvgIpc) is 2.20. The van der Waals surface area contributed by atoms with Crippen molar-refractivity contribution in [1.82, 2.24) is 0 Å². The van der Waals surface area contributed by atoms with E-state index in [0.717, 1.165) is 25.9 Å². The second-order valence-electron chi connectivity index (χ2n) is 4.69. The fourth-order valence-corrected chi connectivity index (χ4v) is 2.79. The van der Waals surface area contributed by atoms with Crippen LogP contribution in [-0.2, 0) is 0 Å². The molecular weight excluding hydrogens is 174 g/mol. The van der Waals surface area contributed by atoms with Crippen molar-refractivity contribution in [3.8, 4) is 0 Å². The molecule has 14 heavy (non-hydrogen) atoms. The monoisotopic (exact) mass is 199 g/mol. The molecule has 0 aromatic carbocycles. The first-order valence-corrected chi connectivity index (χ1v) is 6.30. The van der Waals surface area contributed by atoms with Gasteiger partial charge in [-0.1, -0.05) is 20.3 Å². The van der Waals surface area contributed by atoms with Crippen molar-refractivity contribution in [2.45, 2.75) is 64.8 Å². The predicted octanol–water partition coefficient (Wildman–Crippen LogP) is 3.45. The molecule has 84 valence electrons. The van der Waals surface area contributed by atoms with Crippen molar-refractivity contribution >= 4 is 0 Å². The molecule has 0 saturated heterocycles. The standard InChI is InChI=1S/C12H25NO/c1-3-10-13(14,11-4-2)12-8-6-5-7-9-12/h12H,3-11H2,1-2H3. The topological polar surface area (TPSA) is 23.1 Å². The molecule has 2 heteroatoms. The van der Waals surface area contributed by atoms with Gasteiger partial charge in [0.25, 0.3) is 0 Å². The lowest BCUT2D eigenvalue weighted by Gasteiger charge is -2.50. The van der Waals surface area contributed by atoms with Gasteiger partial charge in [-0.05, 0) is 38.5 Å². The Hall–Kier alpha value is -0.0800. The number of hydroxylamine groups is 3. The van der Waals surface area contributed by atoms with E-state index in [1.807, 2.05) is 0 Å². The summed E-state index contributed by atoms with van der Waals surface area (Å²) in [7, 11) is 0. The average molecular weight is 199 g/mol. The van der Waals surface area contributed by atoms with Gasteiger partial charge in [0.15, 0.2) is 0 Å². The lowest BCUT2D eigenvalue weighted by molar-refractivity contribution is -0.907. The van der Waals surface area contributed by atoms with Gasteiger partial charge < -0.3 is 9.85 Å². The second kappa shape index (κ2) is 5.72. The van der Waals surface area contributed by atoms with E-state index in [0.29, 0.717) is 6.04 Å². The van der Waals surface area contributed by atoms with E-state index in [1.54, 1.807) is 0 Å². The normalized spacial score (nSPS) is 19.9. The van der Waals surface area contributed by atoms with E-state index in [4.69, 9.17) is 0 Å². The van der Waals surface area contributed by atoms with E-state index < -0.39 is 0 Å². The van der Waals surface area contributed by atoms with Crippen molar-refractivity contribution in [3.63, 3.8) is 0 Å². The van der Waals surface area contributed by atoms with Crippen LogP contribution in [0.4, 0.5) is 0 Å². The van der Waals surface area contributed by atoms with E-state index >= 15 is 0 Å². The first-order valence-electron chi connectivity index (χ1n) is 6.30. The van der Waals surface area contributed by atoms with Gasteiger partial charge in [0.05, 0.1) is 19.1 Å². The number of nitrogens with zero attached hydrogens (tertiary/aromatic N) is 1. The van der Waals surface area contributed by atoms with Gasteiger partial charge in [0.2, 0.25) is 0 Å². The second-order valence-corrected chi connectivity index (χ2v) is 4.69. The Balaban J connectivity index is 2.54. The van der Waals surface area contributed by atoms with E-state index in [9.17, 15) is 5.21 Å². The Morgan fingerprint density at radius 2 is 1.50 bits per heavy atom. The fraction of sp³-hybridized carbons (Fsp3) is 1.00. The summed E-state index contributed by atoms with van der Waals surface area (Å²) in [6.07, 6.45) is 8.29. The summed E-state index contributed by atoms with van der Waals surface area (Å²) in [4.78, 5) is 0. The molecule has 2 nitrogen and oxygen atoms in total. The van der Waals surface area contributed by atoms with Crippen LogP contribution in [0.25, 0.3) is 0 Å². The third-order valence-electron chi connectivity index (χ3n) is 3.44. The van der Waals surface area contributed by atoms with Crippen LogP contribution >= 0.6 is 0 Å². The highest BCUT2D eigenvalue weighted by Crippen LogP contribution is 2.28. The molecule has 0 amide bonds. The highest BCUT2D eigenvalue weighted by atomic mass is 16.5. The molecule has 0 radical (unpaired) electrons. The van der Waals surface area contributed by atoms with Crippen molar-refractivity contribution < 1.29 is 4.65 Å². The van der Waals surface area contributed by atoms with Gasteiger partial charge in [-0.15, -0.1) is 0 Å². The Bertz CT molecular complexity index is 146. The summed E-state index contributed by atoms with van der Waals surface area (Å²) in [5.74, 6) is 0. The minimum Gasteiger partial charge on any atom is -0.633 e. The molecule has 1 saturated carbocycles. The summed E-state index contributed by atoms with van der Waals surface area (Å²) in [5, 5.41) is 12.6. The minimum absolute atomic E-state index is 0.104. The van der Waals surface area contributed by atoms with Gasteiger partial charge in [0, 0.05) is 0 Å². The van der Waals surface area contributed by atoms with Crippen LogP contribution < -0.4 is 0 Å². The molecule has 0 heterocycles. The lowest BCUT2D eigenvalue weighted by Crippen LogP contribution is -2.52. The van der Waals surface area contributed by atoms with Crippen LogP contribution in [0.15, 0.2) is 0 Å². The van der Waals surface area contributed by atoms with Crippen molar-refractivity contribution in [2.24, 2.45) is 0 Å². The highest BCUT2D eigenvalue weighted by molar-refractivity contribution is 4.68. The Labute approximate surface area is 88.5 Å². The maximum Gasteiger partial charge on any atom is 0.0887 e. The molecule has 0 N–H and O–H groups in total. The molecule has 0 unspecified atom stereocenters. The van der Waals surface area contributed by atoms with Crippen LogP contribution in [-0.4, -0.2) is 23.8 Å². The molecule has 0 aliphatic heterocycles. The highest BCUT2D eigenvalue weighted by Gasteiger charge is 2.28. The van der Waals surface area contributed by atoms with Crippen molar-refractivity contribution in [2.75, 3.05) is 13.1 Å². The van der Waals surface area contributed by atoms with Gasteiger partial charge >= 0.3 is 0 Å². The quantitative estimate of drug-likeness (QED) is 0.491. The molecule has 1 fully saturated rings. The summed E-state index contributed by atoms with van der Waals surface area (Å²) < 4.78 is 0.104. The summed E-state index contributed by atoms with van der Waals surface area (Å²) in [6, 6.07) is 0.420. The third kappa shape index (κ3) is 2.96. The molecule has 1 aliphatic rings. The number of quaternary nitrogens is 1. The van der Waals surface area contributed by atoms with Crippen LogP contribution in [0.3, 0.4) is 0 Å². The minimum atomic E-state index is 0.104. The fourth-order valence-electron chi connectivity index (χ4n) is 2.79. The molecule has 0 aromatic rings. The smallest absolute Gasteiger partial charge is 0.0887 e. The summed E-state index contributed by atoms with van der Waals surface area (Å²) in [6.45, 7) is 5.92. The molecule has 0 aromatic heterocycles. The summed E-state index contributed by atoms with van der Waals surface area (Å²) in [5.41, 5.74) is 0. The molecule has 1 aliphatic carbocycles. The van der Waals surface area contributed by atoms with Gasteiger partial charge in [-0.25, -0.2) is 0 Å². The Kier molecular flexibility index (Phi) is 4.90. The zero-order valence-electron chi connectivity index (χ0n) is 9.80. The summed E-state index contributed by atoms with van der Waals surface area (Å²) >= 11 is 0. The SMILES string of the molecule is CCC[N+]([O-])(CCC)C1CCCCC1. The van der Waals surface area contributed by atoms with Gasteiger partial charge in [0.1, 0.15) is 0 Å². The van der Waals surface area contributed by atoms with Crippen molar-refractivity contribution in [1.29, 1.82) is 0 Å². The van der Waals surface area contributed by atoms with Crippen molar-refractivity contribution in [3.05, 3.63) is 5.21 Å². The van der Waals surface area contributed by atoms with Crippen LogP contribution in [0, 0.1) is 5.21 Å². The zero-order valence-corrected chi connectivity index (χ0v) is 9.80. The third-order valence-corrected chi connectivity index (χ3v) is 3.44. The largest absolute Gasteiger partial charge is 0.633 e. The van der Waals surface area contributed by atoms with Crippen LogP contribution in [0.1, 0.15) is 58.8 Å². The molecule has 0 bridgehead atoms. The first-order chi connectivity index (χ1) is 6.73. The van der Waals surface area contributed by atoms with Crippen LogP contribution in [0.2, 0.25) is 0 Å². The molecule has 0 atom stereocenters. The molecular formula is C12H25NO. The van der Waals surface area contributed by atoms with Gasteiger partial charge in [-0.3, -0.25) is 0 Å². The van der Waals surface area contributed by atoms with E-state index in [1.165, 1.54) is 32.1 Å².